The van der Waals surface area contributed by atoms with Crippen molar-refractivity contribution in [2.45, 2.75) is 44.7 Å². The fourth-order valence-electron chi connectivity index (χ4n) is 2.83. The van der Waals surface area contributed by atoms with Crippen LogP contribution in [0, 0.1) is 6.92 Å². The SMILES string of the molecule is CNC1CCC(NC(=O)COc2ccc(C)cc2OC)CC1. The molecule has 0 spiro atoms. The van der Waals surface area contributed by atoms with Crippen molar-refractivity contribution in [2.75, 3.05) is 20.8 Å². The van der Waals surface area contributed by atoms with E-state index in [1.54, 1.807) is 7.11 Å². The Hall–Kier alpha value is -1.75. The Morgan fingerprint density at radius 2 is 1.86 bits per heavy atom. The maximum atomic E-state index is 12.0. The lowest BCUT2D eigenvalue weighted by molar-refractivity contribution is -0.124. The molecule has 1 fully saturated rings. The molecule has 1 aliphatic carbocycles. The van der Waals surface area contributed by atoms with Crippen molar-refractivity contribution in [1.82, 2.24) is 10.6 Å². The van der Waals surface area contributed by atoms with E-state index in [-0.39, 0.29) is 18.6 Å². The second-order valence-electron chi connectivity index (χ2n) is 5.85. The van der Waals surface area contributed by atoms with Crippen LogP contribution in [-0.4, -0.2) is 38.8 Å². The van der Waals surface area contributed by atoms with Crippen LogP contribution in [0.2, 0.25) is 0 Å². The number of ether oxygens (including phenoxy) is 2. The molecule has 0 saturated heterocycles. The molecule has 1 amide bonds. The summed E-state index contributed by atoms with van der Waals surface area (Å²) in [6, 6.07) is 6.52. The quantitative estimate of drug-likeness (QED) is 0.844. The first-order valence-corrected chi connectivity index (χ1v) is 7.86. The Kier molecular flexibility index (Phi) is 6.07. The van der Waals surface area contributed by atoms with Crippen molar-refractivity contribution in [1.29, 1.82) is 0 Å². The third kappa shape index (κ3) is 4.63. The van der Waals surface area contributed by atoms with Gasteiger partial charge in [-0.05, 0) is 57.4 Å². The maximum absolute atomic E-state index is 12.0. The van der Waals surface area contributed by atoms with E-state index in [0.29, 0.717) is 17.5 Å². The highest BCUT2D eigenvalue weighted by Crippen LogP contribution is 2.27. The molecule has 22 heavy (non-hydrogen) atoms. The summed E-state index contributed by atoms with van der Waals surface area (Å²) in [4.78, 5) is 12.0. The van der Waals surface area contributed by atoms with Crippen LogP contribution in [0.1, 0.15) is 31.2 Å². The molecule has 0 heterocycles. The predicted molar refractivity (Wildman–Crippen MR) is 86.5 cm³/mol. The van der Waals surface area contributed by atoms with E-state index in [1.807, 2.05) is 32.2 Å². The summed E-state index contributed by atoms with van der Waals surface area (Å²) in [6.45, 7) is 2.01. The average Bonchev–Trinajstić information content (AvgIpc) is 2.54. The van der Waals surface area contributed by atoms with E-state index in [4.69, 9.17) is 9.47 Å². The van der Waals surface area contributed by atoms with Gasteiger partial charge in [-0.15, -0.1) is 0 Å². The van der Waals surface area contributed by atoms with Gasteiger partial charge in [-0.3, -0.25) is 4.79 Å². The predicted octanol–water partition coefficient (Wildman–Crippen LogP) is 2.03. The number of methoxy groups -OCH3 is 1. The summed E-state index contributed by atoms with van der Waals surface area (Å²) >= 11 is 0. The van der Waals surface area contributed by atoms with E-state index in [0.717, 1.165) is 31.2 Å². The van der Waals surface area contributed by atoms with Crippen molar-refractivity contribution in [3.05, 3.63) is 23.8 Å². The van der Waals surface area contributed by atoms with Crippen LogP contribution >= 0.6 is 0 Å². The van der Waals surface area contributed by atoms with Crippen molar-refractivity contribution < 1.29 is 14.3 Å². The summed E-state index contributed by atoms with van der Waals surface area (Å²) < 4.78 is 10.8. The summed E-state index contributed by atoms with van der Waals surface area (Å²) in [5.41, 5.74) is 1.09. The van der Waals surface area contributed by atoms with Gasteiger partial charge in [0.05, 0.1) is 7.11 Å². The molecule has 1 aromatic rings. The number of carbonyl (C=O) groups is 1. The van der Waals surface area contributed by atoms with E-state index in [9.17, 15) is 4.79 Å². The zero-order valence-electron chi connectivity index (χ0n) is 13.6. The van der Waals surface area contributed by atoms with Gasteiger partial charge in [-0.25, -0.2) is 0 Å². The lowest BCUT2D eigenvalue weighted by Gasteiger charge is -2.28. The number of amides is 1. The molecule has 1 aromatic carbocycles. The molecule has 5 nitrogen and oxygen atoms in total. The number of hydrogen-bond acceptors (Lipinski definition) is 4. The normalized spacial score (nSPS) is 21.2. The highest BCUT2D eigenvalue weighted by molar-refractivity contribution is 5.78. The zero-order valence-corrected chi connectivity index (χ0v) is 13.6. The van der Waals surface area contributed by atoms with Crippen molar-refractivity contribution >= 4 is 5.91 Å². The molecular formula is C17H26N2O3. The fraction of sp³-hybridized carbons (Fsp3) is 0.588. The highest BCUT2D eigenvalue weighted by Gasteiger charge is 2.21. The Balaban J connectivity index is 1.78. The van der Waals surface area contributed by atoms with E-state index in [2.05, 4.69) is 10.6 Å². The second-order valence-corrected chi connectivity index (χ2v) is 5.85. The monoisotopic (exact) mass is 306 g/mol. The lowest BCUT2D eigenvalue weighted by atomic mass is 9.91. The Labute approximate surface area is 132 Å². The molecule has 0 bridgehead atoms. The van der Waals surface area contributed by atoms with Gasteiger partial charge in [0.1, 0.15) is 0 Å². The second kappa shape index (κ2) is 8.03. The minimum absolute atomic E-state index is 0.0192. The Morgan fingerprint density at radius 3 is 2.50 bits per heavy atom. The van der Waals surface area contributed by atoms with Gasteiger partial charge in [0.2, 0.25) is 0 Å². The summed E-state index contributed by atoms with van der Waals surface area (Å²) in [7, 11) is 3.59. The molecule has 0 aromatic heterocycles. The van der Waals surface area contributed by atoms with Crippen LogP contribution in [-0.2, 0) is 4.79 Å². The number of aryl methyl sites for hydroxylation is 1. The molecule has 1 saturated carbocycles. The summed E-state index contributed by atoms with van der Waals surface area (Å²) in [5, 5.41) is 6.34. The van der Waals surface area contributed by atoms with Crippen LogP contribution in [0.3, 0.4) is 0 Å². The standard InChI is InChI=1S/C17H26N2O3/c1-12-4-9-15(16(10-12)21-3)22-11-17(20)19-14-7-5-13(18-2)6-8-14/h4,9-10,13-14,18H,5-8,11H2,1-3H3,(H,19,20). The van der Waals surface area contributed by atoms with Gasteiger partial charge in [-0.1, -0.05) is 6.07 Å². The number of nitrogens with one attached hydrogen (secondary N) is 2. The summed E-state index contributed by atoms with van der Waals surface area (Å²) in [5.74, 6) is 1.18. The molecule has 0 atom stereocenters. The first-order chi connectivity index (χ1) is 10.6. The highest BCUT2D eigenvalue weighted by atomic mass is 16.5. The number of carbonyl (C=O) groups excluding carboxylic acids is 1. The smallest absolute Gasteiger partial charge is 0.258 e. The van der Waals surface area contributed by atoms with Gasteiger partial charge in [0.25, 0.3) is 5.91 Å². The molecule has 2 rings (SSSR count). The molecule has 0 unspecified atom stereocenters. The van der Waals surface area contributed by atoms with Crippen LogP contribution in [0.25, 0.3) is 0 Å². The van der Waals surface area contributed by atoms with Gasteiger partial charge in [0.15, 0.2) is 18.1 Å². The van der Waals surface area contributed by atoms with Gasteiger partial charge < -0.3 is 20.1 Å². The number of rotatable bonds is 6. The van der Waals surface area contributed by atoms with Gasteiger partial charge in [-0.2, -0.15) is 0 Å². The van der Waals surface area contributed by atoms with Crippen LogP contribution in [0.15, 0.2) is 18.2 Å². The first kappa shape index (κ1) is 16.6. The molecule has 0 aliphatic heterocycles. The van der Waals surface area contributed by atoms with E-state index < -0.39 is 0 Å². The molecule has 0 radical (unpaired) electrons. The topological polar surface area (TPSA) is 59.6 Å². The molecule has 2 N–H and O–H groups in total. The van der Waals surface area contributed by atoms with Crippen LogP contribution in [0.5, 0.6) is 11.5 Å². The summed E-state index contributed by atoms with van der Waals surface area (Å²) in [6.07, 6.45) is 4.25. The fourth-order valence-corrected chi connectivity index (χ4v) is 2.83. The Morgan fingerprint density at radius 1 is 1.18 bits per heavy atom. The van der Waals surface area contributed by atoms with Crippen molar-refractivity contribution in [2.24, 2.45) is 0 Å². The number of benzene rings is 1. The first-order valence-electron chi connectivity index (χ1n) is 7.86. The van der Waals surface area contributed by atoms with Crippen molar-refractivity contribution in [3.63, 3.8) is 0 Å². The maximum Gasteiger partial charge on any atom is 0.258 e. The minimum atomic E-state index is -0.0736. The third-order valence-electron chi connectivity index (χ3n) is 4.18. The van der Waals surface area contributed by atoms with Gasteiger partial charge >= 0.3 is 0 Å². The zero-order chi connectivity index (χ0) is 15.9. The minimum Gasteiger partial charge on any atom is -0.493 e. The molecular weight excluding hydrogens is 280 g/mol. The average molecular weight is 306 g/mol. The molecule has 122 valence electrons. The molecule has 5 heteroatoms. The number of hydrogen-bond donors (Lipinski definition) is 2. The molecule has 1 aliphatic rings. The lowest BCUT2D eigenvalue weighted by Crippen LogP contribution is -2.42. The van der Waals surface area contributed by atoms with Crippen LogP contribution in [0.4, 0.5) is 0 Å². The Bertz CT molecular complexity index is 497. The van der Waals surface area contributed by atoms with E-state index >= 15 is 0 Å². The third-order valence-corrected chi connectivity index (χ3v) is 4.18. The largest absolute Gasteiger partial charge is 0.493 e. The van der Waals surface area contributed by atoms with Gasteiger partial charge in [0, 0.05) is 12.1 Å². The van der Waals surface area contributed by atoms with Crippen LogP contribution < -0.4 is 20.1 Å². The van der Waals surface area contributed by atoms with E-state index in [1.165, 1.54) is 0 Å². The van der Waals surface area contributed by atoms with Crippen molar-refractivity contribution in [3.8, 4) is 11.5 Å².